The predicted octanol–water partition coefficient (Wildman–Crippen LogP) is 3.15. The quantitative estimate of drug-likeness (QED) is 0.379. The van der Waals surface area contributed by atoms with Gasteiger partial charge in [0.25, 0.3) is 0 Å². The third-order valence-electron chi connectivity index (χ3n) is 4.75. The lowest BCUT2D eigenvalue weighted by Crippen LogP contribution is -2.44. The highest BCUT2D eigenvalue weighted by Gasteiger charge is 2.22. The van der Waals surface area contributed by atoms with Crippen LogP contribution in [0.4, 0.5) is 5.69 Å². The molecule has 3 N–H and O–H groups in total. The van der Waals surface area contributed by atoms with Crippen molar-refractivity contribution in [3.63, 3.8) is 0 Å². The maximum Gasteiger partial charge on any atom is 0.224 e. The molecule has 1 aliphatic rings. The number of ether oxygens (including phenoxy) is 1. The SMILES string of the molecule is CN=C(NCCOc1ccc2c(c1)CCC(=O)N2)NCC(C)(C)c1cccs1. The summed E-state index contributed by atoms with van der Waals surface area (Å²) in [4.78, 5) is 17.1. The first-order chi connectivity index (χ1) is 13.5. The largest absolute Gasteiger partial charge is 0.492 e. The van der Waals surface area contributed by atoms with Gasteiger partial charge in [-0.2, -0.15) is 0 Å². The van der Waals surface area contributed by atoms with E-state index in [2.05, 4.69) is 52.3 Å². The van der Waals surface area contributed by atoms with Gasteiger partial charge in [-0.25, -0.2) is 0 Å². The van der Waals surface area contributed by atoms with Crippen LogP contribution in [-0.4, -0.2) is 38.6 Å². The first-order valence-electron chi connectivity index (χ1n) is 9.52. The molecule has 0 saturated heterocycles. The predicted molar refractivity (Wildman–Crippen MR) is 116 cm³/mol. The molecule has 0 aliphatic carbocycles. The molecule has 2 heterocycles. The summed E-state index contributed by atoms with van der Waals surface area (Å²) < 4.78 is 5.84. The van der Waals surface area contributed by atoms with Crippen LogP contribution in [0.1, 0.15) is 30.7 Å². The molecule has 1 amide bonds. The Morgan fingerprint density at radius 2 is 2.14 bits per heavy atom. The molecular formula is C21H28N4O2S. The molecule has 150 valence electrons. The summed E-state index contributed by atoms with van der Waals surface area (Å²) in [6, 6.07) is 10.1. The van der Waals surface area contributed by atoms with Crippen molar-refractivity contribution in [2.45, 2.75) is 32.1 Å². The Labute approximate surface area is 170 Å². The van der Waals surface area contributed by atoms with Crippen molar-refractivity contribution in [2.75, 3.05) is 32.1 Å². The molecular weight excluding hydrogens is 372 g/mol. The van der Waals surface area contributed by atoms with Crippen LogP contribution >= 0.6 is 11.3 Å². The van der Waals surface area contributed by atoms with E-state index in [9.17, 15) is 4.79 Å². The van der Waals surface area contributed by atoms with E-state index in [0.29, 0.717) is 19.6 Å². The fourth-order valence-electron chi connectivity index (χ4n) is 3.06. The Morgan fingerprint density at radius 1 is 1.29 bits per heavy atom. The summed E-state index contributed by atoms with van der Waals surface area (Å²) in [5, 5.41) is 11.7. The number of aliphatic imine (C=N–C) groups is 1. The smallest absolute Gasteiger partial charge is 0.224 e. The average molecular weight is 401 g/mol. The third kappa shape index (κ3) is 5.25. The highest BCUT2D eigenvalue weighted by atomic mass is 32.1. The van der Waals surface area contributed by atoms with Crippen LogP contribution in [0.3, 0.4) is 0 Å². The van der Waals surface area contributed by atoms with Gasteiger partial charge < -0.3 is 20.7 Å². The lowest BCUT2D eigenvalue weighted by atomic mass is 9.91. The summed E-state index contributed by atoms with van der Waals surface area (Å²) in [7, 11) is 1.77. The van der Waals surface area contributed by atoms with E-state index >= 15 is 0 Å². The van der Waals surface area contributed by atoms with Crippen LogP contribution in [0.2, 0.25) is 0 Å². The second-order valence-electron chi connectivity index (χ2n) is 7.43. The molecule has 0 bridgehead atoms. The number of amides is 1. The number of aryl methyl sites for hydroxylation is 1. The molecule has 1 aromatic carbocycles. The van der Waals surface area contributed by atoms with Gasteiger partial charge in [0.05, 0.1) is 6.54 Å². The average Bonchev–Trinajstić information content (AvgIpc) is 3.23. The monoisotopic (exact) mass is 400 g/mol. The number of hydrogen-bond acceptors (Lipinski definition) is 4. The molecule has 0 atom stereocenters. The van der Waals surface area contributed by atoms with Gasteiger partial charge in [0.15, 0.2) is 5.96 Å². The zero-order valence-electron chi connectivity index (χ0n) is 16.7. The van der Waals surface area contributed by atoms with Crippen LogP contribution in [0.15, 0.2) is 40.7 Å². The van der Waals surface area contributed by atoms with Gasteiger partial charge in [-0.15, -0.1) is 11.3 Å². The summed E-state index contributed by atoms with van der Waals surface area (Å²) >= 11 is 1.77. The van der Waals surface area contributed by atoms with Gasteiger partial charge in [0, 0.05) is 36.0 Å². The number of fused-ring (bicyclic) bond motifs is 1. The van der Waals surface area contributed by atoms with E-state index < -0.39 is 0 Å². The fourth-order valence-corrected chi connectivity index (χ4v) is 3.92. The highest BCUT2D eigenvalue weighted by Crippen LogP contribution is 2.27. The maximum absolute atomic E-state index is 11.4. The van der Waals surface area contributed by atoms with Crippen molar-refractivity contribution >= 4 is 28.9 Å². The lowest BCUT2D eigenvalue weighted by molar-refractivity contribution is -0.116. The van der Waals surface area contributed by atoms with Crippen molar-refractivity contribution in [1.29, 1.82) is 0 Å². The second kappa shape index (κ2) is 9.10. The standard InChI is InChI=1S/C21H28N4O2S/c1-21(2,18-5-4-12-28-18)14-24-20(22-3)23-10-11-27-16-7-8-17-15(13-16)6-9-19(26)25-17/h4-5,7-8,12-13H,6,9-11,14H2,1-3H3,(H,25,26)(H2,22,23,24). The van der Waals surface area contributed by atoms with E-state index in [1.807, 2.05) is 18.2 Å². The first kappa shape index (κ1) is 20.2. The molecule has 7 heteroatoms. The van der Waals surface area contributed by atoms with Crippen molar-refractivity contribution in [1.82, 2.24) is 10.6 Å². The number of guanidine groups is 1. The molecule has 1 aromatic heterocycles. The minimum atomic E-state index is 0.0425. The Balaban J connectivity index is 1.42. The van der Waals surface area contributed by atoms with E-state index in [1.54, 1.807) is 18.4 Å². The number of anilines is 1. The summed E-state index contributed by atoms with van der Waals surface area (Å²) in [6.45, 7) is 6.42. The Hall–Kier alpha value is -2.54. The molecule has 0 radical (unpaired) electrons. The number of nitrogens with zero attached hydrogens (tertiary/aromatic N) is 1. The van der Waals surface area contributed by atoms with E-state index in [-0.39, 0.29) is 11.3 Å². The fraction of sp³-hybridized carbons (Fsp3) is 0.429. The summed E-state index contributed by atoms with van der Waals surface area (Å²) in [6.07, 6.45) is 1.29. The number of carbonyl (C=O) groups excluding carboxylic acids is 1. The highest BCUT2D eigenvalue weighted by molar-refractivity contribution is 7.10. The molecule has 6 nitrogen and oxygen atoms in total. The zero-order valence-corrected chi connectivity index (χ0v) is 17.5. The number of hydrogen-bond donors (Lipinski definition) is 3. The van der Waals surface area contributed by atoms with Crippen molar-refractivity contribution < 1.29 is 9.53 Å². The molecule has 1 aliphatic heterocycles. The lowest BCUT2D eigenvalue weighted by Gasteiger charge is -2.25. The molecule has 0 saturated carbocycles. The Morgan fingerprint density at radius 3 is 2.89 bits per heavy atom. The number of nitrogens with one attached hydrogen (secondary N) is 3. The topological polar surface area (TPSA) is 74.8 Å². The van der Waals surface area contributed by atoms with E-state index in [4.69, 9.17) is 4.74 Å². The van der Waals surface area contributed by atoms with Gasteiger partial charge in [-0.05, 0) is 41.6 Å². The van der Waals surface area contributed by atoms with Gasteiger partial charge in [0.2, 0.25) is 5.91 Å². The van der Waals surface area contributed by atoms with Crippen molar-refractivity contribution in [2.24, 2.45) is 4.99 Å². The van der Waals surface area contributed by atoms with Gasteiger partial charge in [-0.3, -0.25) is 9.79 Å². The summed E-state index contributed by atoms with van der Waals surface area (Å²) in [5.41, 5.74) is 2.05. The molecule has 0 unspecified atom stereocenters. The van der Waals surface area contributed by atoms with Gasteiger partial charge in [0.1, 0.15) is 12.4 Å². The maximum atomic E-state index is 11.4. The minimum Gasteiger partial charge on any atom is -0.492 e. The number of benzene rings is 1. The second-order valence-corrected chi connectivity index (χ2v) is 8.38. The molecule has 28 heavy (non-hydrogen) atoms. The van der Waals surface area contributed by atoms with Gasteiger partial charge >= 0.3 is 0 Å². The van der Waals surface area contributed by atoms with E-state index in [1.165, 1.54) is 4.88 Å². The molecule has 0 fully saturated rings. The first-order valence-corrected chi connectivity index (χ1v) is 10.4. The van der Waals surface area contributed by atoms with Crippen LogP contribution in [0.25, 0.3) is 0 Å². The summed E-state index contributed by atoms with van der Waals surface area (Å²) in [5.74, 6) is 1.66. The number of thiophene rings is 1. The molecule has 2 aromatic rings. The molecule has 0 spiro atoms. The van der Waals surface area contributed by atoms with Crippen LogP contribution in [0.5, 0.6) is 5.75 Å². The van der Waals surface area contributed by atoms with Gasteiger partial charge in [-0.1, -0.05) is 19.9 Å². The van der Waals surface area contributed by atoms with Crippen molar-refractivity contribution in [3.05, 3.63) is 46.2 Å². The Kier molecular flexibility index (Phi) is 6.57. The number of rotatable bonds is 7. The van der Waals surface area contributed by atoms with Crippen LogP contribution in [0, 0.1) is 0 Å². The third-order valence-corrected chi connectivity index (χ3v) is 5.98. The van der Waals surface area contributed by atoms with Crippen molar-refractivity contribution in [3.8, 4) is 5.75 Å². The number of carbonyl (C=O) groups is 1. The Bertz CT molecular complexity index is 831. The molecule has 3 rings (SSSR count). The minimum absolute atomic E-state index is 0.0425. The van der Waals surface area contributed by atoms with E-state index in [0.717, 1.165) is 35.9 Å². The van der Waals surface area contributed by atoms with Crippen LogP contribution in [-0.2, 0) is 16.6 Å². The zero-order chi connectivity index (χ0) is 20.0. The normalized spacial score (nSPS) is 14.2. The van der Waals surface area contributed by atoms with Crippen LogP contribution < -0.4 is 20.7 Å².